The van der Waals surface area contributed by atoms with E-state index in [2.05, 4.69) is 60.1 Å². The van der Waals surface area contributed by atoms with Crippen LogP contribution in [0.4, 0.5) is 0 Å². The molecule has 2 nitrogen and oxygen atoms in total. The third-order valence-corrected chi connectivity index (χ3v) is 4.80. The minimum absolute atomic E-state index is 0.0859. The van der Waals surface area contributed by atoms with E-state index >= 15 is 0 Å². The number of nitrogens with two attached hydrogens (primary N) is 1. The van der Waals surface area contributed by atoms with E-state index in [0.717, 1.165) is 13.0 Å². The Bertz CT molecular complexity index is 351. The topological polar surface area (TPSA) is 29.3 Å². The normalized spacial score (nSPS) is 15.5. The maximum absolute atomic E-state index is 5.97. The summed E-state index contributed by atoms with van der Waals surface area (Å²) in [6.07, 6.45) is 1.13. The zero-order valence-corrected chi connectivity index (χ0v) is 13.6. The highest BCUT2D eigenvalue weighted by molar-refractivity contribution is 9.11. The van der Waals surface area contributed by atoms with Crippen molar-refractivity contribution in [1.82, 2.24) is 4.90 Å². The first-order valence-electron chi connectivity index (χ1n) is 6.01. The summed E-state index contributed by atoms with van der Waals surface area (Å²) >= 11 is 5.24. The number of hydrogen-bond acceptors (Lipinski definition) is 3. The first kappa shape index (κ1) is 15.2. The van der Waals surface area contributed by atoms with Crippen molar-refractivity contribution in [1.29, 1.82) is 0 Å². The summed E-state index contributed by atoms with van der Waals surface area (Å²) in [5, 5.41) is 2.20. The van der Waals surface area contributed by atoms with E-state index < -0.39 is 0 Å². The standard InChI is InChI=1S/C13H23BrN2S/c1-10(2)6-13(3,9-15)16(4)7-11-5-12(14)17-8-11/h5,8,10H,6-7,9,15H2,1-4H3. The summed E-state index contributed by atoms with van der Waals surface area (Å²) in [5.74, 6) is 0.667. The zero-order valence-electron chi connectivity index (χ0n) is 11.2. The molecule has 2 N–H and O–H groups in total. The fourth-order valence-electron chi connectivity index (χ4n) is 2.17. The molecule has 0 fully saturated rings. The van der Waals surface area contributed by atoms with Crippen molar-refractivity contribution in [3.05, 3.63) is 20.8 Å². The van der Waals surface area contributed by atoms with Crippen molar-refractivity contribution >= 4 is 27.3 Å². The van der Waals surface area contributed by atoms with Gasteiger partial charge in [-0.3, -0.25) is 4.90 Å². The second kappa shape index (κ2) is 6.32. The Labute approximate surface area is 117 Å². The minimum Gasteiger partial charge on any atom is -0.329 e. The molecule has 0 bridgehead atoms. The van der Waals surface area contributed by atoms with Gasteiger partial charge in [0.2, 0.25) is 0 Å². The third kappa shape index (κ3) is 4.36. The van der Waals surface area contributed by atoms with Gasteiger partial charge in [0.15, 0.2) is 0 Å². The fourth-order valence-corrected chi connectivity index (χ4v) is 3.37. The average molecular weight is 319 g/mol. The van der Waals surface area contributed by atoms with Crippen molar-refractivity contribution in [2.45, 2.75) is 39.3 Å². The van der Waals surface area contributed by atoms with E-state index in [1.165, 1.54) is 9.35 Å². The van der Waals surface area contributed by atoms with E-state index in [1.807, 2.05) is 0 Å². The molecule has 1 aromatic rings. The van der Waals surface area contributed by atoms with E-state index in [0.29, 0.717) is 12.5 Å². The maximum atomic E-state index is 5.97. The van der Waals surface area contributed by atoms with Gasteiger partial charge < -0.3 is 5.73 Å². The van der Waals surface area contributed by atoms with E-state index in [1.54, 1.807) is 11.3 Å². The van der Waals surface area contributed by atoms with Gasteiger partial charge in [-0.25, -0.2) is 0 Å². The Morgan fingerprint density at radius 2 is 2.18 bits per heavy atom. The molecule has 1 aromatic heterocycles. The predicted molar refractivity (Wildman–Crippen MR) is 80.4 cm³/mol. The summed E-state index contributed by atoms with van der Waals surface area (Å²) in [4.78, 5) is 2.38. The van der Waals surface area contributed by atoms with Crippen molar-refractivity contribution in [3.63, 3.8) is 0 Å². The molecular weight excluding hydrogens is 296 g/mol. The number of thiophene rings is 1. The molecule has 0 aliphatic rings. The van der Waals surface area contributed by atoms with Crippen molar-refractivity contribution < 1.29 is 0 Å². The molecule has 1 unspecified atom stereocenters. The molecule has 0 radical (unpaired) electrons. The van der Waals surface area contributed by atoms with Crippen LogP contribution in [0.2, 0.25) is 0 Å². The molecule has 0 spiro atoms. The van der Waals surface area contributed by atoms with Crippen LogP contribution >= 0.6 is 27.3 Å². The van der Waals surface area contributed by atoms with Crippen LogP contribution < -0.4 is 5.73 Å². The van der Waals surface area contributed by atoms with Crippen LogP contribution in [0.25, 0.3) is 0 Å². The van der Waals surface area contributed by atoms with Crippen LogP contribution in [0, 0.1) is 5.92 Å². The van der Waals surface area contributed by atoms with Gasteiger partial charge in [0.05, 0.1) is 3.79 Å². The predicted octanol–water partition coefficient (Wildman–Crippen LogP) is 3.71. The average Bonchev–Trinajstić information content (AvgIpc) is 2.62. The number of halogens is 1. The van der Waals surface area contributed by atoms with E-state index in [-0.39, 0.29) is 5.54 Å². The molecular formula is C13H23BrN2S. The van der Waals surface area contributed by atoms with Gasteiger partial charge >= 0.3 is 0 Å². The maximum Gasteiger partial charge on any atom is 0.0701 e. The van der Waals surface area contributed by atoms with Crippen molar-refractivity contribution in [3.8, 4) is 0 Å². The van der Waals surface area contributed by atoms with Gasteiger partial charge in [-0.2, -0.15) is 0 Å². The lowest BCUT2D eigenvalue weighted by molar-refractivity contribution is 0.112. The molecule has 0 aliphatic carbocycles. The number of nitrogens with zero attached hydrogens (tertiary/aromatic N) is 1. The summed E-state index contributed by atoms with van der Waals surface area (Å²) < 4.78 is 1.19. The van der Waals surface area contributed by atoms with Crippen LogP contribution in [0.1, 0.15) is 32.8 Å². The molecule has 98 valence electrons. The van der Waals surface area contributed by atoms with Crippen LogP contribution in [0.5, 0.6) is 0 Å². The molecule has 0 aromatic carbocycles. The number of likely N-dealkylation sites (N-methyl/N-ethyl adjacent to an activating group) is 1. The largest absolute Gasteiger partial charge is 0.329 e. The van der Waals surface area contributed by atoms with Gasteiger partial charge in [-0.05, 0) is 59.2 Å². The summed E-state index contributed by atoms with van der Waals surface area (Å²) in [6.45, 7) is 8.43. The second-order valence-electron chi connectivity index (χ2n) is 5.41. The fraction of sp³-hybridized carbons (Fsp3) is 0.692. The highest BCUT2D eigenvalue weighted by Crippen LogP contribution is 2.26. The summed E-state index contributed by atoms with van der Waals surface area (Å²) in [7, 11) is 2.17. The van der Waals surface area contributed by atoms with Crippen LogP contribution in [0.3, 0.4) is 0 Å². The summed E-state index contributed by atoms with van der Waals surface area (Å²) in [5.41, 5.74) is 7.41. The molecule has 1 heterocycles. The molecule has 0 saturated carbocycles. The van der Waals surface area contributed by atoms with Gasteiger partial charge in [0.1, 0.15) is 0 Å². The Morgan fingerprint density at radius 3 is 2.59 bits per heavy atom. The van der Waals surface area contributed by atoms with Gasteiger partial charge in [0.25, 0.3) is 0 Å². The quantitative estimate of drug-likeness (QED) is 0.866. The van der Waals surface area contributed by atoms with E-state index in [9.17, 15) is 0 Å². The highest BCUT2D eigenvalue weighted by Gasteiger charge is 2.28. The monoisotopic (exact) mass is 318 g/mol. The highest BCUT2D eigenvalue weighted by atomic mass is 79.9. The SMILES string of the molecule is CC(C)CC(C)(CN)N(C)Cc1csc(Br)c1. The van der Waals surface area contributed by atoms with Gasteiger partial charge in [0, 0.05) is 18.6 Å². The molecule has 17 heavy (non-hydrogen) atoms. The molecule has 0 amide bonds. The Kier molecular flexibility index (Phi) is 5.64. The lowest BCUT2D eigenvalue weighted by Crippen LogP contribution is -2.50. The van der Waals surface area contributed by atoms with Gasteiger partial charge in [-0.1, -0.05) is 13.8 Å². The first-order chi connectivity index (χ1) is 7.87. The molecule has 1 atom stereocenters. The Hall–Kier alpha value is 0.100. The molecule has 4 heteroatoms. The molecule has 0 aliphatic heterocycles. The Balaban J connectivity index is 2.69. The van der Waals surface area contributed by atoms with Crippen molar-refractivity contribution in [2.24, 2.45) is 11.7 Å². The third-order valence-electron chi connectivity index (χ3n) is 3.25. The minimum atomic E-state index is 0.0859. The van der Waals surface area contributed by atoms with Crippen LogP contribution in [-0.2, 0) is 6.54 Å². The number of rotatable bonds is 6. The lowest BCUT2D eigenvalue weighted by atomic mass is 9.89. The first-order valence-corrected chi connectivity index (χ1v) is 7.69. The summed E-state index contributed by atoms with van der Waals surface area (Å²) in [6, 6.07) is 2.19. The van der Waals surface area contributed by atoms with E-state index in [4.69, 9.17) is 5.73 Å². The lowest BCUT2D eigenvalue weighted by Gasteiger charge is -2.39. The van der Waals surface area contributed by atoms with Crippen LogP contribution in [-0.4, -0.2) is 24.0 Å². The van der Waals surface area contributed by atoms with Crippen molar-refractivity contribution in [2.75, 3.05) is 13.6 Å². The zero-order chi connectivity index (χ0) is 13.1. The second-order valence-corrected chi connectivity index (χ2v) is 7.70. The van der Waals surface area contributed by atoms with Crippen LogP contribution in [0.15, 0.2) is 15.2 Å². The number of hydrogen-bond donors (Lipinski definition) is 1. The molecule has 1 rings (SSSR count). The van der Waals surface area contributed by atoms with Gasteiger partial charge in [-0.15, -0.1) is 11.3 Å². The Morgan fingerprint density at radius 1 is 1.53 bits per heavy atom. The molecule has 0 saturated heterocycles. The smallest absolute Gasteiger partial charge is 0.0701 e.